The number of carbonyl (C=O) groups is 1. The van der Waals surface area contributed by atoms with Crippen LogP contribution < -0.4 is 19.1 Å². The largest absolute Gasteiger partial charge is 0.497 e. The Morgan fingerprint density at radius 1 is 1.07 bits per heavy atom. The van der Waals surface area contributed by atoms with Crippen molar-refractivity contribution in [2.24, 2.45) is 0 Å². The van der Waals surface area contributed by atoms with E-state index in [1.54, 1.807) is 37.4 Å². The van der Waals surface area contributed by atoms with E-state index < -0.39 is 22.5 Å². The Labute approximate surface area is 165 Å². The van der Waals surface area contributed by atoms with E-state index in [-0.39, 0.29) is 11.4 Å². The molecule has 9 heteroatoms. The Morgan fingerprint density at radius 2 is 1.82 bits per heavy atom. The van der Waals surface area contributed by atoms with Crippen LogP contribution in [0.25, 0.3) is 0 Å². The number of hydrogen-bond acceptors (Lipinski definition) is 6. The van der Waals surface area contributed by atoms with Gasteiger partial charge in [0, 0.05) is 18.9 Å². The molecule has 0 atom stereocenters. The minimum absolute atomic E-state index is 0.245. The second-order valence-electron chi connectivity index (χ2n) is 5.99. The molecule has 0 saturated heterocycles. The molecule has 1 N–H and O–H groups in total. The molecular formula is C19H24N2O6S. The van der Waals surface area contributed by atoms with E-state index >= 15 is 0 Å². The van der Waals surface area contributed by atoms with Crippen molar-refractivity contribution in [1.82, 2.24) is 0 Å². The lowest BCUT2D eigenvalue weighted by atomic mass is 10.2. The maximum Gasteiger partial charge on any atom is 0.245 e. The van der Waals surface area contributed by atoms with Crippen LogP contribution in [0.1, 0.15) is 5.56 Å². The van der Waals surface area contributed by atoms with Crippen molar-refractivity contribution >= 4 is 27.3 Å². The van der Waals surface area contributed by atoms with Gasteiger partial charge in [0.15, 0.2) is 0 Å². The fourth-order valence-corrected chi connectivity index (χ4v) is 3.47. The van der Waals surface area contributed by atoms with Crippen molar-refractivity contribution in [3.05, 3.63) is 48.0 Å². The van der Waals surface area contributed by atoms with E-state index in [0.717, 1.165) is 16.1 Å². The van der Waals surface area contributed by atoms with Crippen LogP contribution in [0.5, 0.6) is 11.5 Å². The smallest absolute Gasteiger partial charge is 0.245 e. The highest BCUT2D eigenvalue weighted by atomic mass is 32.2. The summed E-state index contributed by atoms with van der Waals surface area (Å²) in [6.45, 7) is -0.00174. The molecule has 1 amide bonds. The molecule has 0 bridgehead atoms. The highest BCUT2D eigenvalue weighted by Gasteiger charge is 2.24. The van der Waals surface area contributed by atoms with Gasteiger partial charge in [0.2, 0.25) is 15.9 Å². The quantitative estimate of drug-likeness (QED) is 0.684. The number of anilines is 2. The summed E-state index contributed by atoms with van der Waals surface area (Å²) in [5.41, 5.74) is 1.68. The zero-order valence-corrected chi connectivity index (χ0v) is 17.1. The normalized spacial score (nSPS) is 11.0. The Morgan fingerprint density at radius 3 is 2.43 bits per heavy atom. The van der Waals surface area contributed by atoms with E-state index in [0.29, 0.717) is 18.0 Å². The van der Waals surface area contributed by atoms with Crippen LogP contribution in [0.2, 0.25) is 0 Å². The maximum absolute atomic E-state index is 12.5. The van der Waals surface area contributed by atoms with Gasteiger partial charge in [0.25, 0.3) is 0 Å². The van der Waals surface area contributed by atoms with Gasteiger partial charge in [-0.1, -0.05) is 12.1 Å². The first-order valence-corrected chi connectivity index (χ1v) is 10.2. The summed E-state index contributed by atoms with van der Waals surface area (Å²) >= 11 is 0. The number of nitrogens with one attached hydrogen (secondary N) is 1. The summed E-state index contributed by atoms with van der Waals surface area (Å²) in [5.74, 6) is 0.297. The third-order valence-electron chi connectivity index (χ3n) is 3.86. The van der Waals surface area contributed by atoms with Gasteiger partial charge in [-0.05, 0) is 29.8 Å². The van der Waals surface area contributed by atoms with Gasteiger partial charge in [-0.3, -0.25) is 9.10 Å². The predicted molar refractivity (Wildman–Crippen MR) is 108 cm³/mol. The first-order valence-electron chi connectivity index (χ1n) is 8.36. The molecule has 2 aromatic rings. The third-order valence-corrected chi connectivity index (χ3v) is 4.99. The number of hydrogen-bond donors (Lipinski definition) is 1. The monoisotopic (exact) mass is 408 g/mol. The average molecular weight is 408 g/mol. The molecule has 0 saturated carbocycles. The van der Waals surface area contributed by atoms with Gasteiger partial charge in [0.1, 0.15) is 18.0 Å². The SMILES string of the molecule is COCc1cccc(NC(=O)CN(c2ccc(OC)cc2OC)S(C)(=O)=O)c1. The molecule has 2 aromatic carbocycles. The van der Waals surface area contributed by atoms with Gasteiger partial charge in [-0.15, -0.1) is 0 Å². The highest BCUT2D eigenvalue weighted by Crippen LogP contribution is 2.33. The molecule has 152 valence electrons. The molecule has 0 fully saturated rings. The molecule has 0 aliphatic heterocycles. The second kappa shape index (κ2) is 9.43. The molecule has 0 heterocycles. The van der Waals surface area contributed by atoms with Crippen LogP contribution in [0, 0.1) is 0 Å². The molecular weight excluding hydrogens is 384 g/mol. The molecule has 0 unspecified atom stereocenters. The van der Waals surface area contributed by atoms with E-state index in [1.165, 1.54) is 20.3 Å². The van der Waals surface area contributed by atoms with E-state index in [2.05, 4.69) is 5.32 Å². The lowest BCUT2D eigenvalue weighted by Crippen LogP contribution is -2.37. The van der Waals surface area contributed by atoms with Gasteiger partial charge < -0.3 is 19.5 Å². The number of ether oxygens (including phenoxy) is 3. The molecule has 0 spiro atoms. The van der Waals surface area contributed by atoms with E-state index in [9.17, 15) is 13.2 Å². The van der Waals surface area contributed by atoms with Crippen molar-refractivity contribution in [3.8, 4) is 11.5 Å². The second-order valence-corrected chi connectivity index (χ2v) is 7.90. The van der Waals surface area contributed by atoms with Gasteiger partial charge in [-0.25, -0.2) is 8.42 Å². The Balaban J connectivity index is 2.26. The molecule has 0 aliphatic rings. The first-order chi connectivity index (χ1) is 13.3. The van der Waals surface area contributed by atoms with E-state index in [1.807, 2.05) is 6.07 Å². The lowest BCUT2D eigenvalue weighted by molar-refractivity contribution is -0.114. The Hall–Kier alpha value is -2.78. The van der Waals surface area contributed by atoms with Crippen LogP contribution in [0.15, 0.2) is 42.5 Å². The van der Waals surface area contributed by atoms with Crippen LogP contribution >= 0.6 is 0 Å². The molecule has 8 nitrogen and oxygen atoms in total. The van der Waals surface area contributed by atoms with Gasteiger partial charge >= 0.3 is 0 Å². The predicted octanol–water partition coefficient (Wildman–Crippen LogP) is 2.25. The van der Waals surface area contributed by atoms with Crippen LogP contribution in [-0.2, 0) is 26.2 Å². The first kappa shape index (κ1) is 21.5. The van der Waals surface area contributed by atoms with Crippen LogP contribution in [0.4, 0.5) is 11.4 Å². The summed E-state index contributed by atoms with van der Waals surface area (Å²) in [4.78, 5) is 12.5. The van der Waals surface area contributed by atoms with Crippen molar-refractivity contribution in [2.45, 2.75) is 6.61 Å². The van der Waals surface area contributed by atoms with Crippen molar-refractivity contribution in [1.29, 1.82) is 0 Å². The summed E-state index contributed by atoms with van der Waals surface area (Å²) < 4.78 is 41.1. The van der Waals surface area contributed by atoms with E-state index in [4.69, 9.17) is 14.2 Å². The molecule has 2 rings (SSSR count). The Bertz CT molecular complexity index is 930. The number of methoxy groups -OCH3 is 3. The van der Waals surface area contributed by atoms with Gasteiger partial charge in [-0.2, -0.15) is 0 Å². The van der Waals surface area contributed by atoms with Crippen molar-refractivity contribution in [2.75, 3.05) is 43.8 Å². The molecule has 0 radical (unpaired) electrons. The lowest BCUT2D eigenvalue weighted by Gasteiger charge is -2.24. The summed E-state index contributed by atoms with van der Waals surface area (Å²) in [7, 11) is 0.749. The summed E-state index contributed by atoms with van der Waals surface area (Å²) in [6.07, 6.45) is 1.03. The van der Waals surface area contributed by atoms with Crippen LogP contribution in [-0.4, -0.2) is 48.5 Å². The fraction of sp³-hybridized carbons (Fsp3) is 0.316. The third kappa shape index (κ3) is 5.61. The standard InChI is InChI=1S/C19H24N2O6S/c1-25-13-14-6-5-7-15(10-14)20-19(22)12-21(28(4,23)24)17-9-8-16(26-2)11-18(17)27-3/h5-11H,12-13H2,1-4H3,(H,20,22). The number of benzene rings is 2. The van der Waals surface area contributed by atoms with Gasteiger partial charge in [0.05, 0.1) is 32.8 Å². The number of nitrogens with zero attached hydrogens (tertiary/aromatic N) is 1. The molecule has 0 aliphatic carbocycles. The topological polar surface area (TPSA) is 94.2 Å². The zero-order valence-electron chi connectivity index (χ0n) is 16.3. The van der Waals surface area contributed by atoms with Crippen molar-refractivity contribution in [3.63, 3.8) is 0 Å². The average Bonchev–Trinajstić information content (AvgIpc) is 2.65. The minimum Gasteiger partial charge on any atom is -0.497 e. The summed E-state index contributed by atoms with van der Waals surface area (Å²) in [5, 5.41) is 2.71. The molecule has 0 aromatic heterocycles. The van der Waals surface area contributed by atoms with Crippen molar-refractivity contribution < 1.29 is 27.4 Å². The molecule has 28 heavy (non-hydrogen) atoms. The van der Waals surface area contributed by atoms with Crippen LogP contribution in [0.3, 0.4) is 0 Å². The maximum atomic E-state index is 12.5. The fourth-order valence-electron chi connectivity index (χ4n) is 2.61. The number of sulfonamides is 1. The summed E-state index contributed by atoms with van der Waals surface area (Å²) in [6, 6.07) is 11.8. The zero-order chi connectivity index (χ0) is 20.7. The minimum atomic E-state index is -3.74. The number of rotatable bonds is 9. The Kier molecular flexibility index (Phi) is 7.24. The highest BCUT2D eigenvalue weighted by molar-refractivity contribution is 7.92. The number of amides is 1. The number of carbonyl (C=O) groups excluding carboxylic acids is 1.